The van der Waals surface area contributed by atoms with Gasteiger partial charge in [0.05, 0.1) is 29.4 Å². The van der Waals surface area contributed by atoms with Crippen LogP contribution in [0.3, 0.4) is 0 Å². The van der Waals surface area contributed by atoms with E-state index in [1.165, 1.54) is 22.0 Å². The molecule has 1 aliphatic heterocycles. The maximum Gasteiger partial charge on any atom is 0.262 e. The molecule has 1 unspecified atom stereocenters. The zero-order chi connectivity index (χ0) is 24.2. The van der Waals surface area contributed by atoms with Crippen LogP contribution in [0.4, 0.5) is 4.39 Å². The summed E-state index contributed by atoms with van der Waals surface area (Å²) in [5.74, 6) is -0.353. The maximum atomic E-state index is 13.4. The predicted molar refractivity (Wildman–Crippen MR) is 129 cm³/mol. The van der Waals surface area contributed by atoms with Gasteiger partial charge in [0.2, 0.25) is 0 Å². The highest BCUT2D eigenvalue weighted by Crippen LogP contribution is 2.34. The third-order valence-electron chi connectivity index (χ3n) is 5.67. The number of hydrogen-bond donors (Lipinski definition) is 0. The quantitative estimate of drug-likeness (QED) is 0.503. The molecule has 0 bridgehead atoms. The minimum absolute atomic E-state index is 0.184. The first-order valence-corrected chi connectivity index (χ1v) is 11.0. The molecule has 0 radical (unpaired) electrons. The molecular weight excluding hydrogens is 457 g/mol. The van der Waals surface area contributed by atoms with Crippen molar-refractivity contribution in [1.29, 1.82) is 0 Å². The Hall–Kier alpha value is -3.71. The first-order valence-electron chi connectivity index (χ1n) is 10.7. The number of carbonyl (C=O) groups is 2. The molecule has 4 rings (SSSR count). The Morgan fingerprint density at radius 3 is 2.41 bits per heavy atom. The highest BCUT2D eigenvalue weighted by Gasteiger charge is 2.34. The lowest BCUT2D eigenvalue weighted by atomic mass is 9.98. The second-order valence-electron chi connectivity index (χ2n) is 7.93. The van der Waals surface area contributed by atoms with Crippen LogP contribution in [0.2, 0.25) is 5.02 Å². The van der Waals surface area contributed by atoms with Gasteiger partial charge in [-0.1, -0.05) is 48.0 Å². The Bertz CT molecular complexity index is 1230. The van der Waals surface area contributed by atoms with Crippen LogP contribution >= 0.6 is 11.6 Å². The van der Waals surface area contributed by atoms with Crippen LogP contribution in [0.1, 0.15) is 33.9 Å². The van der Waals surface area contributed by atoms with E-state index in [4.69, 9.17) is 16.3 Å². The average molecular weight is 480 g/mol. The van der Waals surface area contributed by atoms with Crippen molar-refractivity contribution >= 4 is 29.1 Å². The van der Waals surface area contributed by atoms with Crippen LogP contribution < -0.4 is 4.74 Å². The fourth-order valence-corrected chi connectivity index (χ4v) is 4.05. The van der Waals surface area contributed by atoms with Crippen molar-refractivity contribution < 1.29 is 18.7 Å². The van der Waals surface area contributed by atoms with E-state index in [0.29, 0.717) is 28.5 Å². The largest absolute Gasteiger partial charge is 0.497 e. The highest BCUT2D eigenvalue weighted by atomic mass is 35.5. The van der Waals surface area contributed by atoms with Crippen molar-refractivity contribution in [2.75, 3.05) is 20.7 Å². The van der Waals surface area contributed by atoms with Crippen LogP contribution in [0.5, 0.6) is 5.75 Å². The molecule has 1 aliphatic rings. The average Bonchev–Trinajstić information content (AvgIpc) is 3.30. The number of likely N-dealkylation sites (N-methyl/N-ethyl adjacent to an activating group) is 1. The summed E-state index contributed by atoms with van der Waals surface area (Å²) in [6, 6.07) is 19.7. The highest BCUT2D eigenvalue weighted by molar-refractivity contribution is 6.33. The molecule has 6 nitrogen and oxygen atoms in total. The van der Waals surface area contributed by atoms with Gasteiger partial charge in [0.15, 0.2) is 0 Å². The number of ether oxygens (including phenoxy) is 1. The Balaban J connectivity index is 1.60. The van der Waals surface area contributed by atoms with Crippen molar-refractivity contribution in [3.63, 3.8) is 0 Å². The topological polar surface area (TPSA) is 62.2 Å². The SMILES string of the molecule is COc1ccc(C2CC(c3ccc(F)cc3)=NN2C(=O)CN(C)C(=O)c2ccccc2Cl)cc1. The van der Waals surface area contributed by atoms with Crippen molar-refractivity contribution in [3.8, 4) is 5.75 Å². The molecule has 1 heterocycles. The minimum Gasteiger partial charge on any atom is -0.497 e. The summed E-state index contributed by atoms with van der Waals surface area (Å²) in [6.07, 6.45) is 0.450. The number of carbonyl (C=O) groups excluding carboxylic acids is 2. The van der Waals surface area contributed by atoms with Crippen molar-refractivity contribution in [1.82, 2.24) is 9.91 Å². The minimum atomic E-state index is -0.373. The summed E-state index contributed by atoms with van der Waals surface area (Å²) < 4.78 is 18.7. The number of hydrazone groups is 1. The van der Waals surface area contributed by atoms with Crippen LogP contribution in [-0.4, -0.2) is 48.1 Å². The first-order chi connectivity index (χ1) is 16.4. The molecule has 2 amide bonds. The maximum absolute atomic E-state index is 13.4. The summed E-state index contributed by atoms with van der Waals surface area (Å²) in [7, 11) is 3.13. The number of nitrogens with zero attached hydrogens (tertiary/aromatic N) is 3. The van der Waals surface area contributed by atoms with E-state index in [2.05, 4.69) is 5.10 Å². The third kappa shape index (κ3) is 4.94. The molecule has 0 N–H and O–H groups in total. The molecule has 174 valence electrons. The van der Waals surface area contributed by atoms with E-state index in [1.807, 2.05) is 24.3 Å². The lowest BCUT2D eigenvalue weighted by Gasteiger charge is -2.25. The second-order valence-corrected chi connectivity index (χ2v) is 8.33. The van der Waals surface area contributed by atoms with E-state index >= 15 is 0 Å². The van der Waals surface area contributed by atoms with Gasteiger partial charge >= 0.3 is 0 Å². The zero-order valence-corrected chi connectivity index (χ0v) is 19.5. The molecule has 0 aromatic heterocycles. The molecule has 8 heteroatoms. The molecule has 3 aromatic rings. The Morgan fingerprint density at radius 1 is 1.09 bits per heavy atom. The summed E-state index contributed by atoms with van der Waals surface area (Å²) >= 11 is 6.15. The molecule has 3 aromatic carbocycles. The van der Waals surface area contributed by atoms with Gasteiger partial charge in [0.1, 0.15) is 18.1 Å². The lowest BCUT2D eigenvalue weighted by Crippen LogP contribution is -2.39. The van der Waals surface area contributed by atoms with E-state index in [1.54, 1.807) is 50.6 Å². The molecule has 34 heavy (non-hydrogen) atoms. The number of hydrogen-bond acceptors (Lipinski definition) is 4. The monoisotopic (exact) mass is 479 g/mol. The van der Waals surface area contributed by atoms with Crippen LogP contribution in [0, 0.1) is 5.82 Å². The summed E-state index contributed by atoms with van der Waals surface area (Å²) in [5.41, 5.74) is 2.59. The fourth-order valence-electron chi connectivity index (χ4n) is 3.83. The van der Waals surface area contributed by atoms with Crippen LogP contribution in [0.25, 0.3) is 0 Å². The summed E-state index contributed by atoms with van der Waals surface area (Å²) in [6.45, 7) is -0.184. The van der Waals surface area contributed by atoms with E-state index in [9.17, 15) is 14.0 Å². The van der Waals surface area contributed by atoms with Crippen molar-refractivity contribution in [2.24, 2.45) is 5.10 Å². The van der Waals surface area contributed by atoms with Crippen molar-refractivity contribution in [3.05, 3.63) is 100 Å². The Morgan fingerprint density at radius 2 is 1.76 bits per heavy atom. The van der Waals surface area contributed by atoms with Crippen LogP contribution in [0.15, 0.2) is 77.9 Å². The second kappa shape index (κ2) is 10.1. The van der Waals surface area contributed by atoms with Gasteiger partial charge in [-0.2, -0.15) is 5.10 Å². The van der Waals surface area contributed by atoms with Crippen LogP contribution in [-0.2, 0) is 4.79 Å². The lowest BCUT2D eigenvalue weighted by molar-refractivity contribution is -0.133. The molecule has 0 saturated carbocycles. The van der Waals surface area contributed by atoms with Gasteiger partial charge in [-0.25, -0.2) is 9.40 Å². The standard InChI is InChI=1S/C26H23ClFN3O3/c1-30(26(33)21-5-3-4-6-22(21)27)16-25(32)31-24(18-9-13-20(34-2)14-10-18)15-23(29-31)17-7-11-19(28)12-8-17/h3-14,24H,15-16H2,1-2H3. The van der Waals surface area contributed by atoms with Gasteiger partial charge in [0.25, 0.3) is 11.8 Å². The summed E-state index contributed by atoms with van der Waals surface area (Å²) in [5, 5.41) is 6.29. The normalized spacial score (nSPS) is 15.1. The van der Waals surface area contributed by atoms with E-state index in [-0.39, 0.29) is 30.2 Å². The molecule has 0 saturated heterocycles. The molecule has 0 spiro atoms. The number of methoxy groups -OCH3 is 1. The Labute approximate surface area is 202 Å². The smallest absolute Gasteiger partial charge is 0.262 e. The number of rotatable bonds is 6. The van der Waals surface area contributed by atoms with Gasteiger partial charge in [-0.3, -0.25) is 9.59 Å². The molecule has 0 fully saturated rings. The van der Waals surface area contributed by atoms with E-state index in [0.717, 1.165) is 11.1 Å². The van der Waals surface area contributed by atoms with Gasteiger partial charge in [-0.15, -0.1) is 0 Å². The third-order valence-corrected chi connectivity index (χ3v) is 6.00. The molecule has 0 aliphatic carbocycles. The summed E-state index contributed by atoms with van der Waals surface area (Å²) in [4.78, 5) is 27.5. The predicted octanol–water partition coefficient (Wildman–Crippen LogP) is 4.94. The zero-order valence-electron chi connectivity index (χ0n) is 18.7. The van der Waals surface area contributed by atoms with E-state index < -0.39 is 0 Å². The van der Waals surface area contributed by atoms with Gasteiger partial charge in [-0.05, 0) is 47.5 Å². The number of amides is 2. The fraction of sp³-hybridized carbons (Fsp3) is 0.192. The Kier molecular flexibility index (Phi) is 6.93. The van der Waals surface area contributed by atoms with Crippen molar-refractivity contribution in [2.45, 2.75) is 12.5 Å². The van der Waals surface area contributed by atoms with Gasteiger partial charge in [0, 0.05) is 13.5 Å². The first kappa shape index (κ1) is 23.4. The molecule has 1 atom stereocenters. The number of halogens is 2. The van der Waals surface area contributed by atoms with Gasteiger partial charge < -0.3 is 9.64 Å². The molecular formula is C26H23ClFN3O3. The number of benzene rings is 3.